The van der Waals surface area contributed by atoms with Gasteiger partial charge in [-0.2, -0.15) is 0 Å². The molecule has 0 amide bonds. The maximum absolute atomic E-state index is 12.6. The van der Waals surface area contributed by atoms with Crippen LogP contribution in [0, 0.1) is 13.8 Å². The molecule has 1 aromatic carbocycles. The third-order valence-electron chi connectivity index (χ3n) is 3.39. The number of ether oxygens (including phenoxy) is 1. The van der Waals surface area contributed by atoms with E-state index in [0.717, 1.165) is 0 Å². The molecule has 6 nitrogen and oxygen atoms in total. The van der Waals surface area contributed by atoms with Crippen molar-refractivity contribution in [3.63, 3.8) is 0 Å². The summed E-state index contributed by atoms with van der Waals surface area (Å²) < 4.78 is 31.0. The Balaban J connectivity index is 2.96. The van der Waals surface area contributed by atoms with Crippen molar-refractivity contribution < 1.29 is 17.9 Å². The van der Waals surface area contributed by atoms with Gasteiger partial charge < -0.3 is 10.5 Å². The van der Waals surface area contributed by atoms with Crippen LogP contribution >= 0.6 is 0 Å². The van der Waals surface area contributed by atoms with E-state index in [1.807, 2.05) is 0 Å². The number of esters is 1. The number of hydrogen-bond acceptors (Lipinski definition) is 5. The Bertz CT molecular complexity index is 626. The van der Waals surface area contributed by atoms with Gasteiger partial charge in [-0.1, -0.05) is 6.07 Å². The number of methoxy groups -OCH3 is 1. The number of anilines is 1. The molecule has 0 atom stereocenters. The molecule has 0 aliphatic carbocycles. The quantitative estimate of drug-likeness (QED) is 0.634. The highest BCUT2D eigenvalue weighted by Crippen LogP contribution is 2.27. The fourth-order valence-electron chi connectivity index (χ4n) is 2.06. The highest BCUT2D eigenvalue weighted by Gasteiger charge is 2.25. The smallest absolute Gasteiger partial charge is 0.305 e. The van der Waals surface area contributed by atoms with Gasteiger partial charge in [-0.25, -0.2) is 12.7 Å². The number of nitrogen functional groups attached to an aromatic ring is 1. The number of hydrogen-bond donors (Lipinski definition) is 1. The number of carbonyl (C=O) groups excluding carboxylic acids is 1. The molecule has 7 heteroatoms. The normalized spacial score (nSPS) is 11.7. The number of nitrogens with two attached hydrogens (primary N) is 1. The van der Waals surface area contributed by atoms with Gasteiger partial charge in [0.15, 0.2) is 0 Å². The van der Waals surface area contributed by atoms with E-state index in [1.54, 1.807) is 26.0 Å². The summed E-state index contributed by atoms with van der Waals surface area (Å²) in [5.74, 6) is -0.350. The Hall–Kier alpha value is -1.60. The van der Waals surface area contributed by atoms with E-state index in [4.69, 9.17) is 5.73 Å². The molecule has 0 spiro atoms. The van der Waals surface area contributed by atoms with E-state index >= 15 is 0 Å². The SMILES string of the molecule is COC(=O)CCCN(C)S(=O)(=O)c1c(C)ccc(N)c1C. The van der Waals surface area contributed by atoms with Crippen molar-refractivity contribution in [2.24, 2.45) is 0 Å². The molecule has 1 rings (SSSR count). The zero-order valence-corrected chi connectivity index (χ0v) is 13.7. The molecule has 2 N–H and O–H groups in total. The molecule has 0 heterocycles. The number of rotatable bonds is 6. The van der Waals surface area contributed by atoms with E-state index in [1.165, 1.54) is 18.5 Å². The third kappa shape index (κ3) is 3.95. The second-order valence-corrected chi connectivity index (χ2v) is 6.91. The molecule has 0 aliphatic rings. The molecular formula is C14H22N2O4S. The van der Waals surface area contributed by atoms with E-state index in [9.17, 15) is 13.2 Å². The summed E-state index contributed by atoms with van der Waals surface area (Å²) in [4.78, 5) is 11.3. The Kier molecular flexibility index (Phi) is 5.74. The van der Waals surface area contributed by atoms with Crippen LogP contribution in [0.2, 0.25) is 0 Å². The summed E-state index contributed by atoms with van der Waals surface area (Å²) in [6.45, 7) is 3.67. The topological polar surface area (TPSA) is 89.7 Å². The number of aryl methyl sites for hydroxylation is 1. The maximum Gasteiger partial charge on any atom is 0.305 e. The standard InChI is InChI=1S/C14H22N2O4S/c1-10-7-8-12(15)11(2)14(10)21(18,19)16(3)9-5-6-13(17)20-4/h7-8H,5-6,9,15H2,1-4H3. The lowest BCUT2D eigenvalue weighted by Crippen LogP contribution is -2.29. The van der Waals surface area contributed by atoms with Crippen LogP contribution in [0.15, 0.2) is 17.0 Å². The Labute approximate surface area is 125 Å². The average molecular weight is 314 g/mol. The summed E-state index contributed by atoms with van der Waals surface area (Å²) in [5, 5.41) is 0. The maximum atomic E-state index is 12.6. The minimum absolute atomic E-state index is 0.186. The summed E-state index contributed by atoms with van der Waals surface area (Å²) in [6, 6.07) is 3.39. The van der Waals surface area contributed by atoms with E-state index in [2.05, 4.69) is 4.74 Å². The van der Waals surface area contributed by atoms with Crippen molar-refractivity contribution in [1.82, 2.24) is 4.31 Å². The second kappa shape index (κ2) is 6.91. The van der Waals surface area contributed by atoms with Crippen LogP contribution in [0.25, 0.3) is 0 Å². The minimum Gasteiger partial charge on any atom is -0.469 e. The van der Waals surface area contributed by atoms with Gasteiger partial charge in [-0.05, 0) is 37.5 Å². The van der Waals surface area contributed by atoms with Crippen molar-refractivity contribution >= 4 is 21.7 Å². The zero-order chi connectivity index (χ0) is 16.2. The van der Waals surface area contributed by atoms with Gasteiger partial charge >= 0.3 is 5.97 Å². The van der Waals surface area contributed by atoms with Gasteiger partial charge in [-0.3, -0.25) is 4.79 Å². The predicted octanol–water partition coefficient (Wildman–Crippen LogP) is 1.46. The van der Waals surface area contributed by atoms with Crippen molar-refractivity contribution in [3.8, 4) is 0 Å². The van der Waals surface area contributed by atoms with Crippen LogP contribution in [0.1, 0.15) is 24.0 Å². The van der Waals surface area contributed by atoms with Gasteiger partial charge in [0.1, 0.15) is 0 Å². The van der Waals surface area contributed by atoms with Crippen LogP contribution in [-0.2, 0) is 19.6 Å². The molecule has 1 aromatic rings. The van der Waals surface area contributed by atoms with Crippen LogP contribution in [0.4, 0.5) is 5.69 Å². The predicted molar refractivity (Wildman–Crippen MR) is 81.4 cm³/mol. The monoisotopic (exact) mass is 314 g/mol. The van der Waals surface area contributed by atoms with Gasteiger partial charge in [0.2, 0.25) is 10.0 Å². The molecule has 0 aliphatic heterocycles. The first kappa shape index (κ1) is 17.5. The lowest BCUT2D eigenvalue weighted by Gasteiger charge is -2.20. The van der Waals surface area contributed by atoms with Crippen LogP contribution in [0.5, 0.6) is 0 Å². The van der Waals surface area contributed by atoms with E-state index in [-0.39, 0.29) is 23.8 Å². The van der Waals surface area contributed by atoms with Gasteiger partial charge in [0.25, 0.3) is 0 Å². The largest absolute Gasteiger partial charge is 0.469 e. The first-order valence-electron chi connectivity index (χ1n) is 6.60. The fraction of sp³-hybridized carbons (Fsp3) is 0.500. The van der Waals surface area contributed by atoms with E-state index in [0.29, 0.717) is 23.2 Å². The number of benzene rings is 1. The van der Waals surface area contributed by atoms with Crippen molar-refractivity contribution in [3.05, 3.63) is 23.3 Å². The fourth-order valence-corrected chi connectivity index (χ4v) is 3.72. The summed E-state index contributed by atoms with van der Waals surface area (Å²) in [5.41, 5.74) is 7.45. The molecule has 0 aromatic heterocycles. The molecule has 0 radical (unpaired) electrons. The highest BCUT2D eigenvalue weighted by molar-refractivity contribution is 7.89. The van der Waals surface area contributed by atoms with Crippen LogP contribution < -0.4 is 5.73 Å². The Morgan fingerprint density at radius 3 is 2.52 bits per heavy atom. The van der Waals surface area contributed by atoms with Crippen molar-refractivity contribution in [1.29, 1.82) is 0 Å². The van der Waals surface area contributed by atoms with Gasteiger partial charge in [0.05, 0.1) is 12.0 Å². The minimum atomic E-state index is -3.63. The number of carbonyl (C=O) groups is 1. The lowest BCUT2D eigenvalue weighted by atomic mass is 10.1. The van der Waals surface area contributed by atoms with Gasteiger partial charge in [0, 0.05) is 25.7 Å². The third-order valence-corrected chi connectivity index (χ3v) is 5.54. The van der Waals surface area contributed by atoms with E-state index < -0.39 is 10.0 Å². The lowest BCUT2D eigenvalue weighted by molar-refractivity contribution is -0.140. The average Bonchev–Trinajstić information content (AvgIpc) is 2.42. The molecular weight excluding hydrogens is 292 g/mol. The van der Waals surface area contributed by atoms with Gasteiger partial charge in [-0.15, -0.1) is 0 Å². The van der Waals surface area contributed by atoms with Crippen LogP contribution in [-0.4, -0.2) is 39.4 Å². The van der Waals surface area contributed by atoms with Crippen molar-refractivity contribution in [2.45, 2.75) is 31.6 Å². The molecule has 0 saturated carbocycles. The zero-order valence-electron chi connectivity index (χ0n) is 12.8. The van der Waals surface area contributed by atoms with Crippen molar-refractivity contribution in [2.75, 3.05) is 26.4 Å². The summed E-state index contributed by atoms with van der Waals surface area (Å²) in [6.07, 6.45) is 0.591. The first-order chi connectivity index (χ1) is 9.71. The molecule has 0 unspecified atom stereocenters. The first-order valence-corrected chi connectivity index (χ1v) is 8.04. The molecule has 0 saturated heterocycles. The Morgan fingerprint density at radius 1 is 1.33 bits per heavy atom. The second-order valence-electron chi connectivity index (χ2n) is 4.93. The summed E-state index contributed by atoms with van der Waals surface area (Å²) in [7, 11) is -0.824. The number of sulfonamides is 1. The Morgan fingerprint density at radius 2 is 1.95 bits per heavy atom. The summed E-state index contributed by atoms with van der Waals surface area (Å²) >= 11 is 0. The molecule has 21 heavy (non-hydrogen) atoms. The molecule has 0 bridgehead atoms. The van der Waals surface area contributed by atoms with Crippen LogP contribution in [0.3, 0.4) is 0 Å². The molecule has 0 fully saturated rings. The molecule has 118 valence electrons. The number of nitrogens with zero attached hydrogens (tertiary/aromatic N) is 1. The highest BCUT2D eigenvalue weighted by atomic mass is 32.2.